The lowest BCUT2D eigenvalue weighted by atomic mass is 10.1. The number of imidazole rings is 1. The highest BCUT2D eigenvalue weighted by molar-refractivity contribution is 5.81. The van der Waals surface area contributed by atoms with Gasteiger partial charge in [0.25, 0.3) is 0 Å². The molecule has 0 aliphatic rings. The number of aryl methyl sites for hydroxylation is 2. The molecule has 3 aromatic heterocycles. The molecule has 0 saturated carbocycles. The van der Waals surface area contributed by atoms with Crippen molar-refractivity contribution in [1.29, 1.82) is 0 Å². The maximum atomic E-state index is 12.6. The molecule has 0 unspecified atom stereocenters. The third-order valence-corrected chi connectivity index (χ3v) is 4.60. The van der Waals surface area contributed by atoms with Crippen molar-refractivity contribution in [3.05, 3.63) is 70.4 Å². The van der Waals surface area contributed by atoms with E-state index in [0.717, 1.165) is 33.3 Å². The standard InChI is InChI=1S/C20H16N6O/c1-11-5-12(2)7-14(6-11)17-10-21-18-19(23-17)26(20(27)24-18)15-4-3-13-9-22-25-16(13)8-15/h3-10H,1-2H3,(H,22,25)(H,21,24,27). The summed E-state index contributed by atoms with van der Waals surface area (Å²) in [6.07, 6.45) is 3.43. The van der Waals surface area contributed by atoms with Crippen LogP contribution in [0.2, 0.25) is 0 Å². The van der Waals surface area contributed by atoms with Crippen LogP contribution >= 0.6 is 0 Å². The molecule has 0 fully saturated rings. The Bertz CT molecular complexity index is 1350. The van der Waals surface area contributed by atoms with Crippen molar-refractivity contribution >= 4 is 22.2 Å². The largest absolute Gasteiger partial charge is 0.333 e. The van der Waals surface area contributed by atoms with E-state index in [-0.39, 0.29) is 5.69 Å². The SMILES string of the molecule is Cc1cc(C)cc(-c2cnc3[nH]c(=O)n(-c4ccc5cn[nH]c5c4)c3n2)c1. The first-order chi connectivity index (χ1) is 13.1. The molecule has 5 aromatic rings. The summed E-state index contributed by atoms with van der Waals surface area (Å²) in [5, 5.41) is 7.94. The van der Waals surface area contributed by atoms with Crippen LogP contribution in [0.1, 0.15) is 11.1 Å². The average molecular weight is 356 g/mol. The minimum Gasteiger partial charge on any atom is -0.288 e. The number of aromatic amines is 2. The maximum absolute atomic E-state index is 12.6. The summed E-state index contributed by atoms with van der Waals surface area (Å²) in [4.78, 5) is 24.5. The Morgan fingerprint density at radius 3 is 2.63 bits per heavy atom. The van der Waals surface area contributed by atoms with Gasteiger partial charge in [0.2, 0.25) is 0 Å². The van der Waals surface area contributed by atoms with E-state index < -0.39 is 0 Å². The molecule has 0 saturated heterocycles. The zero-order valence-corrected chi connectivity index (χ0v) is 14.8. The van der Waals surface area contributed by atoms with Crippen LogP contribution in [0.5, 0.6) is 0 Å². The van der Waals surface area contributed by atoms with Gasteiger partial charge in [0.05, 0.1) is 29.3 Å². The van der Waals surface area contributed by atoms with E-state index in [1.165, 1.54) is 4.57 Å². The summed E-state index contributed by atoms with van der Waals surface area (Å²) in [6, 6.07) is 11.9. The monoisotopic (exact) mass is 356 g/mol. The van der Waals surface area contributed by atoms with Gasteiger partial charge in [0.15, 0.2) is 11.3 Å². The Labute approximate surface area is 153 Å². The number of rotatable bonds is 2. The lowest BCUT2D eigenvalue weighted by molar-refractivity contribution is 1.00. The second kappa shape index (κ2) is 5.63. The first-order valence-electron chi connectivity index (χ1n) is 8.58. The summed E-state index contributed by atoms with van der Waals surface area (Å²) in [7, 11) is 0. The molecule has 0 aliphatic carbocycles. The fourth-order valence-corrected chi connectivity index (χ4v) is 3.44. The number of aromatic nitrogens is 6. The smallest absolute Gasteiger partial charge is 0.288 e. The first kappa shape index (κ1) is 15.5. The van der Waals surface area contributed by atoms with Gasteiger partial charge in [-0.25, -0.2) is 19.3 Å². The Hall–Kier alpha value is -3.74. The van der Waals surface area contributed by atoms with Crippen molar-refractivity contribution in [2.75, 3.05) is 0 Å². The van der Waals surface area contributed by atoms with Crippen molar-refractivity contribution < 1.29 is 0 Å². The highest BCUT2D eigenvalue weighted by Gasteiger charge is 2.14. The van der Waals surface area contributed by atoms with E-state index in [1.54, 1.807) is 12.4 Å². The predicted octanol–water partition coefficient (Wildman–Crippen LogP) is 3.27. The van der Waals surface area contributed by atoms with Gasteiger partial charge in [-0.05, 0) is 44.2 Å². The molecule has 0 amide bonds. The van der Waals surface area contributed by atoms with Gasteiger partial charge in [0.1, 0.15) is 0 Å². The summed E-state index contributed by atoms with van der Waals surface area (Å²) in [6.45, 7) is 4.10. The maximum Gasteiger partial charge on any atom is 0.333 e. The normalized spacial score (nSPS) is 11.5. The van der Waals surface area contributed by atoms with Gasteiger partial charge in [-0.2, -0.15) is 5.10 Å². The van der Waals surface area contributed by atoms with Crippen LogP contribution in [-0.4, -0.2) is 29.7 Å². The molecular weight excluding hydrogens is 340 g/mol. The highest BCUT2D eigenvalue weighted by atomic mass is 16.1. The van der Waals surface area contributed by atoms with Crippen LogP contribution in [0.4, 0.5) is 0 Å². The van der Waals surface area contributed by atoms with Crippen molar-refractivity contribution in [2.45, 2.75) is 13.8 Å². The topological polar surface area (TPSA) is 92.2 Å². The number of H-pyrrole nitrogens is 2. The van der Waals surface area contributed by atoms with Gasteiger partial charge in [-0.3, -0.25) is 10.1 Å². The highest BCUT2D eigenvalue weighted by Crippen LogP contribution is 2.23. The number of fused-ring (bicyclic) bond motifs is 2. The molecule has 27 heavy (non-hydrogen) atoms. The van der Waals surface area contributed by atoms with Crippen molar-refractivity contribution in [3.8, 4) is 16.9 Å². The minimum atomic E-state index is -0.276. The Kier molecular flexibility index (Phi) is 3.24. The minimum absolute atomic E-state index is 0.276. The molecule has 132 valence electrons. The zero-order chi connectivity index (χ0) is 18.5. The van der Waals surface area contributed by atoms with E-state index in [4.69, 9.17) is 4.98 Å². The van der Waals surface area contributed by atoms with E-state index in [0.29, 0.717) is 17.0 Å². The molecular formula is C20H16N6O. The third-order valence-electron chi connectivity index (χ3n) is 4.60. The van der Waals surface area contributed by atoms with Gasteiger partial charge in [-0.15, -0.1) is 0 Å². The second-order valence-electron chi connectivity index (χ2n) is 6.71. The van der Waals surface area contributed by atoms with E-state index in [9.17, 15) is 4.79 Å². The van der Waals surface area contributed by atoms with Crippen LogP contribution in [0.3, 0.4) is 0 Å². The van der Waals surface area contributed by atoms with Gasteiger partial charge in [-0.1, -0.05) is 17.2 Å². The molecule has 2 aromatic carbocycles. The molecule has 7 heteroatoms. The van der Waals surface area contributed by atoms with Crippen LogP contribution < -0.4 is 5.69 Å². The summed E-state index contributed by atoms with van der Waals surface area (Å²) >= 11 is 0. The van der Waals surface area contributed by atoms with Crippen molar-refractivity contribution in [2.24, 2.45) is 0 Å². The fourth-order valence-electron chi connectivity index (χ4n) is 3.44. The Morgan fingerprint density at radius 2 is 1.81 bits per heavy atom. The molecule has 5 rings (SSSR count). The van der Waals surface area contributed by atoms with Crippen LogP contribution in [0, 0.1) is 13.8 Å². The molecule has 0 spiro atoms. The fraction of sp³-hybridized carbons (Fsp3) is 0.100. The Balaban J connectivity index is 1.75. The van der Waals surface area contributed by atoms with E-state index >= 15 is 0 Å². The number of hydrogen-bond donors (Lipinski definition) is 2. The van der Waals surface area contributed by atoms with E-state index in [2.05, 4.69) is 38.4 Å². The molecule has 3 heterocycles. The molecule has 0 radical (unpaired) electrons. The Morgan fingerprint density at radius 1 is 1.00 bits per heavy atom. The van der Waals surface area contributed by atoms with Crippen molar-refractivity contribution in [3.63, 3.8) is 0 Å². The molecule has 0 bridgehead atoms. The van der Waals surface area contributed by atoms with E-state index in [1.807, 2.05) is 32.0 Å². The number of benzene rings is 2. The number of nitrogens with zero attached hydrogens (tertiary/aromatic N) is 4. The first-order valence-corrected chi connectivity index (χ1v) is 8.58. The van der Waals surface area contributed by atoms with Gasteiger partial charge < -0.3 is 0 Å². The summed E-state index contributed by atoms with van der Waals surface area (Å²) in [5.74, 6) is 0. The second-order valence-corrected chi connectivity index (χ2v) is 6.71. The lowest BCUT2D eigenvalue weighted by Gasteiger charge is -2.06. The summed E-state index contributed by atoms with van der Waals surface area (Å²) in [5.41, 5.74) is 6.25. The predicted molar refractivity (Wildman–Crippen MR) is 104 cm³/mol. The van der Waals surface area contributed by atoms with Gasteiger partial charge in [0, 0.05) is 10.9 Å². The summed E-state index contributed by atoms with van der Waals surface area (Å²) < 4.78 is 1.54. The lowest BCUT2D eigenvalue weighted by Crippen LogP contribution is -2.14. The average Bonchev–Trinajstić information content (AvgIpc) is 3.22. The molecule has 0 atom stereocenters. The van der Waals surface area contributed by atoms with Crippen LogP contribution in [0.25, 0.3) is 39.1 Å². The zero-order valence-electron chi connectivity index (χ0n) is 14.8. The van der Waals surface area contributed by atoms with Gasteiger partial charge >= 0.3 is 5.69 Å². The number of hydrogen-bond acceptors (Lipinski definition) is 4. The molecule has 7 nitrogen and oxygen atoms in total. The third kappa shape index (κ3) is 2.52. The van der Waals surface area contributed by atoms with Crippen LogP contribution in [0.15, 0.2) is 53.6 Å². The number of nitrogens with one attached hydrogen (secondary N) is 2. The van der Waals surface area contributed by atoms with Crippen LogP contribution in [-0.2, 0) is 0 Å². The molecule has 0 aliphatic heterocycles. The molecule has 2 N–H and O–H groups in total. The van der Waals surface area contributed by atoms with Crippen molar-refractivity contribution in [1.82, 2.24) is 29.7 Å². The quantitative estimate of drug-likeness (QED) is 0.508.